The Morgan fingerprint density at radius 3 is 2.22 bits per heavy atom. The first kappa shape index (κ1) is 21.6. The number of carbonyl (C=O) groups is 2. The summed E-state index contributed by atoms with van der Waals surface area (Å²) >= 11 is 0. The van der Waals surface area contributed by atoms with Gasteiger partial charge in [0.05, 0.1) is 11.3 Å². The Morgan fingerprint density at radius 1 is 0.844 bits per heavy atom. The molecule has 0 spiro atoms. The van der Waals surface area contributed by atoms with E-state index in [-0.39, 0.29) is 11.8 Å². The summed E-state index contributed by atoms with van der Waals surface area (Å²) in [6.07, 6.45) is 0. The number of carbonyl (C=O) groups excluding carboxylic acids is 2. The highest BCUT2D eigenvalue weighted by molar-refractivity contribution is 6.09. The van der Waals surface area contributed by atoms with E-state index in [4.69, 9.17) is 4.74 Å². The lowest BCUT2D eigenvalue weighted by atomic mass is 10.1. The van der Waals surface area contributed by atoms with E-state index in [1.807, 2.05) is 54.4 Å². The normalized spacial score (nSPS) is 14.1. The molecule has 1 fully saturated rings. The maximum absolute atomic E-state index is 13.0. The van der Waals surface area contributed by atoms with Crippen molar-refractivity contribution in [3.63, 3.8) is 0 Å². The van der Waals surface area contributed by atoms with Gasteiger partial charge in [-0.25, -0.2) is 0 Å². The van der Waals surface area contributed by atoms with E-state index in [9.17, 15) is 9.59 Å². The van der Waals surface area contributed by atoms with Crippen LogP contribution in [0.2, 0.25) is 0 Å². The van der Waals surface area contributed by atoms with Gasteiger partial charge in [-0.3, -0.25) is 9.59 Å². The summed E-state index contributed by atoms with van der Waals surface area (Å²) in [5.74, 6) is 0.368. The number of anilines is 1. The van der Waals surface area contributed by atoms with Crippen LogP contribution in [0.3, 0.4) is 0 Å². The van der Waals surface area contributed by atoms with Crippen LogP contribution in [0.1, 0.15) is 26.3 Å². The average molecular weight is 430 g/mol. The van der Waals surface area contributed by atoms with E-state index in [1.165, 1.54) is 0 Å². The van der Waals surface area contributed by atoms with Gasteiger partial charge in [-0.15, -0.1) is 0 Å². The lowest BCUT2D eigenvalue weighted by Crippen LogP contribution is -2.47. The summed E-state index contributed by atoms with van der Waals surface area (Å²) in [4.78, 5) is 29.9. The Kier molecular flexibility index (Phi) is 6.82. The molecule has 0 saturated carbocycles. The van der Waals surface area contributed by atoms with E-state index in [2.05, 4.69) is 10.2 Å². The van der Waals surface area contributed by atoms with Gasteiger partial charge in [0.2, 0.25) is 0 Å². The van der Waals surface area contributed by atoms with Crippen LogP contribution >= 0.6 is 0 Å². The fourth-order valence-electron chi connectivity index (χ4n) is 3.60. The van der Waals surface area contributed by atoms with E-state index >= 15 is 0 Å². The number of likely N-dealkylation sites (N-methyl/N-ethyl adjacent to an activating group) is 1. The quantitative estimate of drug-likeness (QED) is 0.646. The molecule has 1 aliphatic heterocycles. The van der Waals surface area contributed by atoms with Crippen LogP contribution < -0.4 is 10.1 Å². The van der Waals surface area contributed by atoms with Crippen molar-refractivity contribution in [1.29, 1.82) is 0 Å². The van der Waals surface area contributed by atoms with Crippen molar-refractivity contribution in [1.82, 2.24) is 9.80 Å². The Hall–Kier alpha value is -3.64. The van der Waals surface area contributed by atoms with Crippen LogP contribution in [0.5, 0.6) is 5.75 Å². The minimum Gasteiger partial charge on any atom is -0.489 e. The van der Waals surface area contributed by atoms with Crippen LogP contribution in [0.15, 0.2) is 78.9 Å². The molecule has 1 aliphatic rings. The zero-order valence-electron chi connectivity index (χ0n) is 18.2. The van der Waals surface area contributed by atoms with Crippen LogP contribution in [-0.2, 0) is 6.61 Å². The van der Waals surface area contributed by atoms with Gasteiger partial charge in [0.1, 0.15) is 12.4 Å². The number of rotatable bonds is 6. The van der Waals surface area contributed by atoms with Crippen molar-refractivity contribution < 1.29 is 14.3 Å². The van der Waals surface area contributed by atoms with Gasteiger partial charge in [-0.2, -0.15) is 0 Å². The summed E-state index contributed by atoms with van der Waals surface area (Å²) < 4.78 is 5.79. The zero-order valence-corrected chi connectivity index (χ0v) is 18.2. The fraction of sp³-hybridized carbons (Fsp3) is 0.231. The number of para-hydroxylation sites is 1. The van der Waals surface area contributed by atoms with E-state index in [0.29, 0.717) is 42.3 Å². The maximum Gasteiger partial charge on any atom is 0.256 e. The molecule has 6 heteroatoms. The topological polar surface area (TPSA) is 61.9 Å². The third-order valence-corrected chi connectivity index (χ3v) is 5.56. The van der Waals surface area contributed by atoms with Gasteiger partial charge >= 0.3 is 0 Å². The predicted octanol–water partition coefficient (Wildman–Crippen LogP) is 3.91. The molecule has 2 amide bonds. The first-order valence-electron chi connectivity index (χ1n) is 10.7. The fourth-order valence-corrected chi connectivity index (χ4v) is 3.60. The number of hydrogen-bond acceptors (Lipinski definition) is 4. The van der Waals surface area contributed by atoms with Crippen LogP contribution in [0, 0.1) is 0 Å². The molecular formula is C26H27N3O3. The van der Waals surface area contributed by atoms with Crippen molar-refractivity contribution in [3.05, 3.63) is 95.6 Å². The number of nitrogens with one attached hydrogen (secondary N) is 1. The van der Waals surface area contributed by atoms with E-state index in [0.717, 1.165) is 18.7 Å². The highest BCUT2D eigenvalue weighted by atomic mass is 16.5. The second kappa shape index (κ2) is 10.1. The molecule has 1 heterocycles. The SMILES string of the molecule is CN1CCN(C(=O)c2ccccc2NC(=O)c2ccc(OCc3ccccc3)cc2)CC1. The largest absolute Gasteiger partial charge is 0.489 e. The number of ether oxygens (including phenoxy) is 1. The lowest BCUT2D eigenvalue weighted by Gasteiger charge is -2.32. The third-order valence-electron chi connectivity index (χ3n) is 5.56. The molecule has 0 radical (unpaired) electrons. The van der Waals surface area contributed by atoms with Crippen molar-refractivity contribution >= 4 is 17.5 Å². The van der Waals surface area contributed by atoms with Gasteiger partial charge in [-0.05, 0) is 49.0 Å². The summed E-state index contributed by atoms with van der Waals surface area (Å²) in [7, 11) is 2.05. The molecule has 6 nitrogen and oxygen atoms in total. The highest BCUT2D eigenvalue weighted by Crippen LogP contribution is 2.20. The summed E-state index contributed by atoms with van der Waals surface area (Å²) in [5, 5.41) is 2.90. The number of amides is 2. The number of hydrogen-bond donors (Lipinski definition) is 1. The highest BCUT2D eigenvalue weighted by Gasteiger charge is 2.23. The number of benzene rings is 3. The molecule has 0 atom stereocenters. The molecule has 1 saturated heterocycles. The van der Waals surface area contributed by atoms with Crippen LogP contribution in [0.25, 0.3) is 0 Å². The second-order valence-corrected chi connectivity index (χ2v) is 7.89. The Balaban J connectivity index is 1.40. The van der Waals surface area contributed by atoms with Crippen molar-refractivity contribution in [3.8, 4) is 5.75 Å². The summed E-state index contributed by atoms with van der Waals surface area (Å²) in [6, 6.07) is 24.1. The Morgan fingerprint density at radius 2 is 1.50 bits per heavy atom. The van der Waals surface area contributed by atoms with Gasteiger partial charge in [0.25, 0.3) is 11.8 Å². The van der Waals surface area contributed by atoms with Crippen molar-refractivity contribution in [2.24, 2.45) is 0 Å². The van der Waals surface area contributed by atoms with E-state index in [1.54, 1.807) is 36.4 Å². The molecular weight excluding hydrogens is 402 g/mol. The standard InChI is InChI=1S/C26H27N3O3/c1-28-15-17-29(18-16-28)26(31)23-9-5-6-10-24(23)27-25(30)21-11-13-22(14-12-21)32-19-20-7-3-2-4-8-20/h2-14H,15-19H2,1H3,(H,27,30). The summed E-state index contributed by atoms with van der Waals surface area (Å²) in [6.45, 7) is 3.52. The predicted molar refractivity (Wildman–Crippen MR) is 125 cm³/mol. The van der Waals surface area contributed by atoms with Gasteiger partial charge in [-0.1, -0.05) is 42.5 Å². The maximum atomic E-state index is 13.0. The molecule has 0 unspecified atom stereocenters. The minimum atomic E-state index is -0.266. The summed E-state index contributed by atoms with van der Waals surface area (Å²) in [5.41, 5.74) is 2.61. The number of nitrogens with zero attached hydrogens (tertiary/aromatic N) is 2. The molecule has 164 valence electrons. The molecule has 3 aromatic rings. The molecule has 0 aromatic heterocycles. The lowest BCUT2D eigenvalue weighted by molar-refractivity contribution is 0.0665. The molecule has 0 aliphatic carbocycles. The van der Waals surface area contributed by atoms with E-state index < -0.39 is 0 Å². The van der Waals surface area contributed by atoms with Gasteiger partial charge in [0.15, 0.2) is 0 Å². The molecule has 0 bridgehead atoms. The minimum absolute atomic E-state index is 0.0568. The smallest absolute Gasteiger partial charge is 0.256 e. The van der Waals surface area contributed by atoms with Crippen LogP contribution in [0.4, 0.5) is 5.69 Å². The second-order valence-electron chi connectivity index (χ2n) is 7.89. The Labute approximate surface area is 188 Å². The zero-order chi connectivity index (χ0) is 22.3. The monoisotopic (exact) mass is 429 g/mol. The first-order chi connectivity index (χ1) is 15.6. The van der Waals surface area contributed by atoms with Crippen molar-refractivity contribution in [2.45, 2.75) is 6.61 Å². The average Bonchev–Trinajstić information content (AvgIpc) is 2.84. The first-order valence-corrected chi connectivity index (χ1v) is 10.7. The molecule has 3 aromatic carbocycles. The molecule has 32 heavy (non-hydrogen) atoms. The molecule has 4 rings (SSSR count). The third kappa shape index (κ3) is 5.34. The van der Waals surface area contributed by atoms with Crippen molar-refractivity contribution in [2.75, 3.05) is 38.5 Å². The van der Waals surface area contributed by atoms with Gasteiger partial charge < -0.3 is 19.9 Å². The van der Waals surface area contributed by atoms with Gasteiger partial charge in [0, 0.05) is 31.7 Å². The Bertz CT molecular complexity index is 1060. The number of piperazine rings is 1. The van der Waals surface area contributed by atoms with Crippen LogP contribution in [-0.4, -0.2) is 54.8 Å². The molecule has 1 N–H and O–H groups in total.